The monoisotopic (exact) mass is 589 g/mol. The van der Waals surface area contributed by atoms with Crippen molar-refractivity contribution in [3.05, 3.63) is 66.4 Å². The molecule has 1 aliphatic heterocycles. The molecule has 1 fully saturated rings. The number of ether oxygens (including phenoxy) is 1. The van der Waals surface area contributed by atoms with Gasteiger partial charge in [0.05, 0.1) is 16.1 Å². The fraction of sp³-hybridized carbons (Fsp3) is 0.250. The number of benzene rings is 2. The Bertz CT molecular complexity index is 1590. The molecule has 212 valence electrons. The lowest BCUT2D eigenvalue weighted by Gasteiger charge is -2.27. The first kappa shape index (κ1) is 28.8. The minimum Gasteiger partial charge on any atom is -0.453 e. The number of sulfone groups is 1. The van der Waals surface area contributed by atoms with Crippen molar-refractivity contribution in [1.82, 2.24) is 9.88 Å². The van der Waals surface area contributed by atoms with Crippen LogP contribution in [0.3, 0.4) is 0 Å². The largest absolute Gasteiger partial charge is 0.501 e. The molecule has 1 saturated heterocycles. The van der Waals surface area contributed by atoms with Crippen molar-refractivity contribution in [3.8, 4) is 0 Å². The van der Waals surface area contributed by atoms with Gasteiger partial charge in [-0.05, 0) is 48.9 Å². The van der Waals surface area contributed by atoms with Crippen LogP contribution in [0.25, 0.3) is 10.9 Å². The summed E-state index contributed by atoms with van der Waals surface area (Å²) in [4.78, 5) is 42.6. The van der Waals surface area contributed by atoms with Gasteiger partial charge in [0.1, 0.15) is 6.10 Å². The first-order chi connectivity index (χ1) is 18.5. The third-order valence-corrected chi connectivity index (χ3v) is 7.51. The van der Waals surface area contributed by atoms with E-state index < -0.39 is 56.5 Å². The molecule has 4 rings (SSSR count). The molecule has 16 heteroatoms. The van der Waals surface area contributed by atoms with Crippen LogP contribution in [-0.2, 0) is 30.7 Å². The summed E-state index contributed by atoms with van der Waals surface area (Å²) in [5.41, 5.74) is -5.04. The summed E-state index contributed by atoms with van der Waals surface area (Å²) < 4.78 is 105. The fourth-order valence-corrected chi connectivity index (χ4v) is 4.91. The van der Waals surface area contributed by atoms with Crippen molar-refractivity contribution >= 4 is 44.3 Å². The van der Waals surface area contributed by atoms with E-state index in [2.05, 4.69) is 9.72 Å². The number of rotatable bonds is 6. The van der Waals surface area contributed by atoms with Crippen molar-refractivity contribution in [3.63, 3.8) is 0 Å². The Kier molecular flexibility index (Phi) is 7.25. The van der Waals surface area contributed by atoms with Crippen LogP contribution in [0, 0.1) is 0 Å². The summed E-state index contributed by atoms with van der Waals surface area (Å²) in [5, 5.41) is 0.545. The van der Waals surface area contributed by atoms with Crippen LogP contribution >= 0.6 is 0 Å². The van der Waals surface area contributed by atoms with Gasteiger partial charge in [-0.3, -0.25) is 9.78 Å². The number of pyridine rings is 1. The van der Waals surface area contributed by atoms with Crippen molar-refractivity contribution in [2.75, 3.05) is 4.90 Å². The first-order valence-electron chi connectivity index (χ1n) is 11.2. The average Bonchev–Trinajstić information content (AvgIpc) is 3.12. The van der Waals surface area contributed by atoms with Gasteiger partial charge < -0.3 is 9.64 Å². The second-order valence-electron chi connectivity index (χ2n) is 8.57. The number of hydrogen-bond acceptors (Lipinski definition) is 7. The highest BCUT2D eigenvalue weighted by Gasteiger charge is 2.52. The van der Waals surface area contributed by atoms with Gasteiger partial charge in [0.25, 0.3) is 15.7 Å². The molecule has 1 aliphatic rings. The van der Waals surface area contributed by atoms with Crippen LogP contribution < -0.4 is 4.90 Å². The zero-order chi connectivity index (χ0) is 29.6. The summed E-state index contributed by atoms with van der Waals surface area (Å²) in [6.07, 6.45) is -5.81. The third kappa shape index (κ3) is 5.17. The summed E-state index contributed by atoms with van der Waals surface area (Å²) in [5.74, 6) is -3.76. The normalized spacial score (nSPS) is 17.4. The minimum absolute atomic E-state index is 0.358. The zero-order valence-electron chi connectivity index (χ0n) is 20.1. The number of aromatic nitrogens is 1. The number of hydrogen-bond donors (Lipinski definition) is 0. The quantitative estimate of drug-likeness (QED) is 0.239. The topological polar surface area (TPSA) is 114 Å². The molecule has 1 unspecified atom stereocenters. The summed E-state index contributed by atoms with van der Waals surface area (Å²) in [6, 6.07) is 7.88. The van der Waals surface area contributed by atoms with Gasteiger partial charge in [0, 0.05) is 18.1 Å². The number of esters is 1. The summed E-state index contributed by atoms with van der Waals surface area (Å²) in [6.45, 7) is 0.614. The maximum Gasteiger partial charge on any atom is 0.501 e. The molecular weight excluding hydrogens is 572 g/mol. The SMILES string of the molecule is C[C@@H](OC(=O)C(F)(F)F)C1C(=O)N(c2ccc(S(=O)(=O)C(F)(F)F)cc2)C(=O)N1Cc1ccnc2ccccc12. The van der Waals surface area contributed by atoms with Crippen molar-refractivity contribution in [2.24, 2.45) is 0 Å². The highest BCUT2D eigenvalue weighted by atomic mass is 32.2. The molecule has 0 saturated carbocycles. The summed E-state index contributed by atoms with van der Waals surface area (Å²) in [7, 11) is -5.74. The maximum absolute atomic E-state index is 13.4. The molecule has 0 radical (unpaired) electrons. The third-order valence-electron chi connectivity index (χ3n) is 6.01. The van der Waals surface area contributed by atoms with Crippen LogP contribution in [0.5, 0.6) is 0 Å². The molecule has 9 nitrogen and oxygen atoms in total. The van der Waals surface area contributed by atoms with Crippen molar-refractivity contribution in [2.45, 2.75) is 42.2 Å². The van der Waals surface area contributed by atoms with Gasteiger partial charge in [-0.15, -0.1) is 0 Å². The number of imide groups is 1. The molecule has 0 N–H and O–H groups in total. The number of anilines is 1. The van der Waals surface area contributed by atoms with Crippen LogP contribution in [-0.4, -0.2) is 60.0 Å². The Labute approximate surface area is 221 Å². The first-order valence-corrected chi connectivity index (χ1v) is 12.7. The minimum atomic E-state index is -5.74. The second kappa shape index (κ2) is 10.1. The van der Waals surface area contributed by atoms with Gasteiger partial charge in [0.15, 0.2) is 6.04 Å². The van der Waals surface area contributed by atoms with Crippen LogP contribution in [0.15, 0.2) is 65.7 Å². The predicted octanol–water partition coefficient (Wildman–Crippen LogP) is 4.36. The van der Waals surface area contributed by atoms with E-state index in [1.807, 2.05) is 0 Å². The van der Waals surface area contributed by atoms with E-state index in [1.165, 1.54) is 12.3 Å². The second-order valence-corrected chi connectivity index (χ2v) is 10.5. The molecule has 2 aromatic carbocycles. The number of halogens is 6. The molecule has 2 heterocycles. The number of carbonyl (C=O) groups excluding carboxylic acids is 3. The Balaban J connectivity index is 1.74. The Morgan fingerprint density at radius 3 is 2.23 bits per heavy atom. The van der Waals surface area contributed by atoms with Crippen molar-refractivity contribution in [1.29, 1.82) is 0 Å². The Hall–Kier alpha value is -4.21. The van der Waals surface area contributed by atoms with Crippen molar-refractivity contribution < 1.29 is 53.9 Å². The van der Waals surface area contributed by atoms with E-state index >= 15 is 0 Å². The number of urea groups is 1. The highest BCUT2D eigenvalue weighted by Crippen LogP contribution is 2.34. The van der Waals surface area contributed by atoms with Gasteiger partial charge in [-0.25, -0.2) is 22.9 Å². The van der Waals surface area contributed by atoms with Gasteiger partial charge in [0.2, 0.25) is 0 Å². The molecule has 2 atom stereocenters. The van der Waals surface area contributed by atoms with E-state index in [1.54, 1.807) is 24.3 Å². The van der Waals surface area contributed by atoms with Crippen LogP contribution in [0.1, 0.15) is 12.5 Å². The number of nitrogens with zero attached hydrogens (tertiary/aromatic N) is 3. The van der Waals surface area contributed by atoms with Crippen LogP contribution in [0.4, 0.5) is 36.8 Å². The number of alkyl halides is 6. The molecule has 1 aromatic heterocycles. The molecule has 0 aliphatic carbocycles. The predicted molar refractivity (Wildman–Crippen MR) is 125 cm³/mol. The van der Waals surface area contributed by atoms with E-state index in [9.17, 15) is 49.1 Å². The molecular formula is C24H17F6N3O6S. The molecule has 0 spiro atoms. The smallest absolute Gasteiger partial charge is 0.453 e. The molecule has 40 heavy (non-hydrogen) atoms. The number of fused-ring (bicyclic) bond motifs is 1. The number of para-hydroxylation sites is 1. The lowest BCUT2D eigenvalue weighted by atomic mass is 10.1. The standard InChI is InChI=1S/C24H17F6N3O6S/c1-13(39-21(35)23(25,26)27)19-20(34)33(15-6-8-16(9-7-15)40(37,38)24(28,29)30)22(36)32(19)12-14-10-11-31-18-5-3-2-4-17(14)18/h2-11,13,19H,12H2,1H3/t13-,19?/m1/s1. The molecule has 0 bridgehead atoms. The van der Waals surface area contributed by atoms with Gasteiger partial charge >= 0.3 is 23.7 Å². The average molecular weight is 589 g/mol. The van der Waals surface area contributed by atoms with Crippen LogP contribution in [0.2, 0.25) is 0 Å². The van der Waals surface area contributed by atoms with E-state index in [4.69, 9.17) is 0 Å². The summed E-state index contributed by atoms with van der Waals surface area (Å²) >= 11 is 0. The van der Waals surface area contributed by atoms with Gasteiger partial charge in [-0.2, -0.15) is 26.3 Å². The van der Waals surface area contributed by atoms with E-state index in [0.717, 1.165) is 24.0 Å². The number of amides is 3. The zero-order valence-corrected chi connectivity index (χ0v) is 20.9. The van der Waals surface area contributed by atoms with Gasteiger partial charge in [-0.1, -0.05) is 18.2 Å². The fourth-order valence-electron chi connectivity index (χ4n) is 4.15. The van der Waals surface area contributed by atoms with E-state index in [-0.39, 0.29) is 12.2 Å². The maximum atomic E-state index is 13.4. The Morgan fingerprint density at radius 2 is 1.62 bits per heavy atom. The Morgan fingerprint density at radius 1 is 1.00 bits per heavy atom. The number of carbonyl (C=O) groups is 3. The lowest BCUT2D eigenvalue weighted by molar-refractivity contribution is -0.206. The molecule has 3 amide bonds. The highest BCUT2D eigenvalue weighted by molar-refractivity contribution is 7.92. The lowest BCUT2D eigenvalue weighted by Crippen LogP contribution is -2.45. The van der Waals surface area contributed by atoms with E-state index in [0.29, 0.717) is 33.5 Å². The molecule has 3 aromatic rings.